The third-order valence-electron chi connectivity index (χ3n) is 6.18. The number of rotatable bonds is 4. The number of carbonyl (C=O) groups is 1. The molecule has 1 saturated heterocycles. The van der Waals surface area contributed by atoms with Crippen LogP contribution in [-0.4, -0.2) is 44.5 Å². The average Bonchev–Trinajstić information content (AvgIpc) is 3.17. The highest BCUT2D eigenvalue weighted by Gasteiger charge is 2.29. The maximum Gasteiger partial charge on any atom is 0.241 e. The van der Waals surface area contributed by atoms with Crippen LogP contribution in [0.3, 0.4) is 0 Å². The molecule has 1 amide bonds. The molecule has 0 saturated carbocycles. The minimum absolute atomic E-state index is 0.0462. The Morgan fingerprint density at radius 3 is 2.43 bits per heavy atom. The SMILES string of the molecule is CC(C(=O)Nc1ccc(C(C)(C)C)cc1)N1CCC(c2nnc3ccccn23)CC1. The Morgan fingerprint density at radius 1 is 1.07 bits per heavy atom. The molecule has 0 spiro atoms. The van der Waals surface area contributed by atoms with Crippen molar-refractivity contribution in [3.63, 3.8) is 0 Å². The minimum atomic E-state index is -0.164. The van der Waals surface area contributed by atoms with Crippen molar-refractivity contribution in [1.29, 1.82) is 0 Å². The van der Waals surface area contributed by atoms with Crippen LogP contribution in [0.1, 0.15) is 57.8 Å². The van der Waals surface area contributed by atoms with E-state index in [1.165, 1.54) is 5.56 Å². The molecule has 158 valence electrons. The topological polar surface area (TPSA) is 62.5 Å². The predicted octanol–water partition coefficient (Wildman–Crippen LogP) is 4.23. The van der Waals surface area contributed by atoms with Crippen molar-refractivity contribution in [3.05, 3.63) is 60.0 Å². The normalized spacial score (nSPS) is 17.2. The monoisotopic (exact) mass is 405 g/mol. The van der Waals surface area contributed by atoms with Gasteiger partial charge >= 0.3 is 0 Å². The molecule has 30 heavy (non-hydrogen) atoms. The molecule has 1 atom stereocenters. The number of carbonyl (C=O) groups excluding carboxylic acids is 1. The number of benzene rings is 1. The van der Waals surface area contributed by atoms with E-state index < -0.39 is 0 Å². The largest absolute Gasteiger partial charge is 0.325 e. The summed E-state index contributed by atoms with van der Waals surface area (Å²) in [7, 11) is 0. The number of aromatic nitrogens is 3. The number of pyridine rings is 1. The summed E-state index contributed by atoms with van der Waals surface area (Å²) in [6.45, 7) is 10.3. The van der Waals surface area contributed by atoms with Crippen molar-refractivity contribution < 1.29 is 4.79 Å². The van der Waals surface area contributed by atoms with Crippen LogP contribution in [0.5, 0.6) is 0 Å². The molecule has 1 N–H and O–H groups in total. The van der Waals surface area contributed by atoms with E-state index in [1.807, 2.05) is 43.5 Å². The van der Waals surface area contributed by atoms with Gasteiger partial charge in [-0.15, -0.1) is 10.2 Å². The molecule has 1 unspecified atom stereocenters. The number of hydrogen-bond donors (Lipinski definition) is 1. The Balaban J connectivity index is 1.34. The van der Waals surface area contributed by atoms with E-state index in [0.717, 1.165) is 43.1 Å². The number of likely N-dealkylation sites (tertiary alicyclic amines) is 1. The van der Waals surface area contributed by atoms with Crippen molar-refractivity contribution in [2.45, 2.75) is 57.9 Å². The standard InChI is InChI=1S/C24H31N5O/c1-17(23(30)25-20-10-8-19(9-11-20)24(2,3)4)28-15-12-18(13-16-28)22-27-26-21-7-5-6-14-29(21)22/h5-11,14,17-18H,12-13,15-16H2,1-4H3,(H,25,30). The lowest BCUT2D eigenvalue weighted by atomic mass is 9.87. The summed E-state index contributed by atoms with van der Waals surface area (Å²) in [6.07, 6.45) is 3.99. The Bertz CT molecular complexity index is 1010. The smallest absolute Gasteiger partial charge is 0.241 e. The van der Waals surface area contributed by atoms with Gasteiger partial charge in [-0.05, 0) is 68.1 Å². The zero-order valence-corrected chi connectivity index (χ0v) is 18.3. The molecule has 1 aliphatic heterocycles. The molecule has 4 rings (SSSR count). The van der Waals surface area contributed by atoms with Crippen molar-refractivity contribution in [1.82, 2.24) is 19.5 Å². The van der Waals surface area contributed by atoms with Crippen molar-refractivity contribution in [2.75, 3.05) is 18.4 Å². The minimum Gasteiger partial charge on any atom is -0.325 e. The molecule has 0 aliphatic carbocycles. The second kappa shape index (κ2) is 8.19. The zero-order chi connectivity index (χ0) is 21.3. The first-order chi connectivity index (χ1) is 14.3. The number of amides is 1. The molecule has 6 heteroatoms. The number of nitrogens with one attached hydrogen (secondary N) is 1. The molecule has 2 aromatic heterocycles. The molecule has 1 aromatic carbocycles. The molecule has 0 radical (unpaired) electrons. The van der Waals surface area contributed by atoms with Gasteiger partial charge in [0, 0.05) is 17.8 Å². The van der Waals surface area contributed by atoms with Gasteiger partial charge in [-0.25, -0.2) is 0 Å². The fraction of sp³-hybridized carbons (Fsp3) is 0.458. The fourth-order valence-electron chi connectivity index (χ4n) is 4.15. The van der Waals surface area contributed by atoms with Crippen molar-refractivity contribution in [2.24, 2.45) is 0 Å². The average molecular weight is 406 g/mol. The van der Waals surface area contributed by atoms with Crippen LogP contribution < -0.4 is 5.32 Å². The molecule has 1 aliphatic rings. The lowest BCUT2D eigenvalue weighted by Gasteiger charge is -2.34. The van der Waals surface area contributed by atoms with Crippen molar-refractivity contribution >= 4 is 17.2 Å². The molecule has 3 aromatic rings. The highest BCUT2D eigenvalue weighted by Crippen LogP contribution is 2.28. The van der Waals surface area contributed by atoms with Crippen LogP contribution in [0.25, 0.3) is 5.65 Å². The second-order valence-corrected chi connectivity index (χ2v) is 9.29. The predicted molar refractivity (Wildman–Crippen MR) is 120 cm³/mol. The Kier molecular flexibility index (Phi) is 5.60. The van der Waals surface area contributed by atoms with E-state index in [9.17, 15) is 4.79 Å². The highest BCUT2D eigenvalue weighted by atomic mass is 16.2. The molecular weight excluding hydrogens is 374 g/mol. The molecule has 6 nitrogen and oxygen atoms in total. The van der Waals surface area contributed by atoms with Crippen LogP contribution in [0.2, 0.25) is 0 Å². The van der Waals surface area contributed by atoms with E-state index in [-0.39, 0.29) is 17.4 Å². The summed E-state index contributed by atoms with van der Waals surface area (Å²) in [4.78, 5) is 15.1. The van der Waals surface area contributed by atoms with E-state index >= 15 is 0 Å². The first kappa shape index (κ1) is 20.5. The number of anilines is 1. The lowest BCUT2D eigenvalue weighted by molar-refractivity contribution is -0.121. The number of nitrogens with zero attached hydrogens (tertiary/aromatic N) is 4. The highest BCUT2D eigenvalue weighted by molar-refractivity contribution is 5.94. The van der Waals surface area contributed by atoms with Gasteiger partial charge < -0.3 is 5.32 Å². The number of fused-ring (bicyclic) bond motifs is 1. The zero-order valence-electron chi connectivity index (χ0n) is 18.3. The van der Waals surface area contributed by atoms with Crippen LogP contribution >= 0.6 is 0 Å². The lowest BCUT2D eigenvalue weighted by Crippen LogP contribution is -2.45. The van der Waals surface area contributed by atoms with Gasteiger partial charge in [-0.1, -0.05) is 39.0 Å². The summed E-state index contributed by atoms with van der Waals surface area (Å²) < 4.78 is 2.08. The van der Waals surface area contributed by atoms with E-state index in [0.29, 0.717) is 5.92 Å². The van der Waals surface area contributed by atoms with Crippen LogP contribution in [0.4, 0.5) is 5.69 Å². The molecule has 1 fully saturated rings. The van der Waals surface area contributed by atoms with Gasteiger partial charge in [0.15, 0.2) is 5.65 Å². The first-order valence-corrected chi connectivity index (χ1v) is 10.8. The Morgan fingerprint density at radius 2 is 1.77 bits per heavy atom. The Hall–Kier alpha value is -2.73. The quantitative estimate of drug-likeness (QED) is 0.705. The molecule has 0 bridgehead atoms. The van der Waals surface area contributed by atoms with E-state index in [1.54, 1.807) is 0 Å². The van der Waals surface area contributed by atoms with Gasteiger partial charge in [0.05, 0.1) is 6.04 Å². The van der Waals surface area contributed by atoms with Gasteiger partial charge in [0.25, 0.3) is 0 Å². The van der Waals surface area contributed by atoms with Crippen LogP contribution in [0, 0.1) is 0 Å². The van der Waals surface area contributed by atoms with Gasteiger partial charge in [-0.2, -0.15) is 0 Å². The van der Waals surface area contributed by atoms with Gasteiger partial charge in [-0.3, -0.25) is 14.1 Å². The van der Waals surface area contributed by atoms with Gasteiger partial charge in [0.1, 0.15) is 5.82 Å². The Labute approximate surface area is 178 Å². The van der Waals surface area contributed by atoms with Crippen molar-refractivity contribution in [3.8, 4) is 0 Å². The summed E-state index contributed by atoms with van der Waals surface area (Å²) >= 11 is 0. The summed E-state index contributed by atoms with van der Waals surface area (Å²) in [5.41, 5.74) is 3.11. The fourth-order valence-corrected chi connectivity index (χ4v) is 4.15. The number of hydrogen-bond acceptors (Lipinski definition) is 4. The maximum absolute atomic E-state index is 12.8. The van der Waals surface area contributed by atoms with E-state index in [2.05, 4.69) is 57.7 Å². The summed E-state index contributed by atoms with van der Waals surface area (Å²) in [6, 6.07) is 14.0. The third-order valence-corrected chi connectivity index (χ3v) is 6.18. The van der Waals surface area contributed by atoms with Gasteiger partial charge in [0.2, 0.25) is 5.91 Å². The maximum atomic E-state index is 12.8. The molecule has 3 heterocycles. The summed E-state index contributed by atoms with van der Waals surface area (Å²) in [5, 5.41) is 11.8. The number of piperidine rings is 1. The van der Waals surface area contributed by atoms with Crippen LogP contribution in [-0.2, 0) is 10.2 Å². The van der Waals surface area contributed by atoms with Crippen LogP contribution in [0.15, 0.2) is 48.7 Å². The van der Waals surface area contributed by atoms with E-state index in [4.69, 9.17) is 0 Å². The third kappa shape index (κ3) is 4.24. The molecular formula is C24H31N5O. The second-order valence-electron chi connectivity index (χ2n) is 9.29. The first-order valence-electron chi connectivity index (χ1n) is 10.8. The summed E-state index contributed by atoms with van der Waals surface area (Å²) in [5.74, 6) is 1.45.